The molecule has 0 aliphatic carbocycles. The van der Waals surface area contributed by atoms with Gasteiger partial charge in [0.05, 0.1) is 13.7 Å². The molecule has 1 atom stereocenters. The highest BCUT2D eigenvalue weighted by molar-refractivity contribution is 5.69. The second kappa shape index (κ2) is 7.06. The summed E-state index contributed by atoms with van der Waals surface area (Å²) in [6.45, 7) is 4.67. The lowest BCUT2D eigenvalue weighted by Gasteiger charge is -2.12. The van der Waals surface area contributed by atoms with Gasteiger partial charge in [0.25, 0.3) is 0 Å². The molecule has 5 heteroatoms. The van der Waals surface area contributed by atoms with Crippen molar-refractivity contribution < 1.29 is 18.8 Å². The van der Waals surface area contributed by atoms with Crippen LogP contribution >= 0.6 is 0 Å². The Morgan fingerprint density at radius 2 is 2.29 bits per heavy atom. The second-order valence-electron chi connectivity index (χ2n) is 4.03. The SMILES string of the molecule is CCCCOC(C)OC(=O)Cn1cc[n+](C)c1. The predicted octanol–water partition coefficient (Wildman–Crippen LogP) is 1.02. The van der Waals surface area contributed by atoms with Crippen molar-refractivity contribution in [3.63, 3.8) is 0 Å². The first kappa shape index (κ1) is 13.7. The molecule has 0 aliphatic heterocycles. The van der Waals surface area contributed by atoms with E-state index >= 15 is 0 Å². The van der Waals surface area contributed by atoms with Crippen LogP contribution in [0.2, 0.25) is 0 Å². The van der Waals surface area contributed by atoms with Crippen molar-refractivity contribution >= 4 is 5.97 Å². The maximum Gasteiger partial charge on any atom is 0.350 e. The molecule has 1 unspecified atom stereocenters. The Bertz CT molecular complexity index is 349. The Morgan fingerprint density at radius 1 is 1.53 bits per heavy atom. The molecule has 0 spiro atoms. The van der Waals surface area contributed by atoms with Gasteiger partial charge in [0.1, 0.15) is 12.4 Å². The van der Waals surface area contributed by atoms with E-state index in [4.69, 9.17) is 9.47 Å². The van der Waals surface area contributed by atoms with E-state index in [0.29, 0.717) is 6.61 Å². The van der Waals surface area contributed by atoms with Crippen LogP contribution in [0.3, 0.4) is 0 Å². The lowest BCUT2D eigenvalue weighted by molar-refractivity contribution is -0.671. The number of aromatic nitrogens is 2. The molecule has 0 aliphatic rings. The van der Waals surface area contributed by atoms with Gasteiger partial charge in [-0.3, -0.25) is 0 Å². The van der Waals surface area contributed by atoms with Crippen molar-refractivity contribution in [2.75, 3.05) is 6.61 Å². The van der Waals surface area contributed by atoms with Crippen LogP contribution in [0.1, 0.15) is 26.7 Å². The van der Waals surface area contributed by atoms with E-state index in [1.165, 1.54) is 0 Å². The van der Waals surface area contributed by atoms with E-state index in [1.54, 1.807) is 11.5 Å². The molecule has 0 N–H and O–H groups in total. The summed E-state index contributed by atoms with van der Waals surface area (Å²) in [5.74, 6) is -0.287. The van der Waals surface area contributed by atoms with E-state index in [-0.39, 0.29) is 12.5 Å². The predicted molar refractivity (Wildman–Crippen MR) is 62.0 cm³/mol. The zero-order valence-electron chi connectivity index (χ0n) is 10.8. The topological polar surface area (TPSA) is 44.3 Å². The summed E-state index contributed by atoms with van der Waals surface area (Å²) in [5.41, 5.74) is 0. The molecule has 0 radical (unpaired) electrons. The van der Waals surface area contributed by atoms with Gasteiger partial charge in [-0.1, -0.05) is 13.3 Å². The maximum atomic E-state index is 11.5. The summed E-state index contributed by atoms with van der Waals surface area (Å²) in [5, 5.41) is 0. The maximum absolute atomic E-state index is 11.5. The lowest BCUT2D eigenvalue weighted by Crippen LogP contribution is -2.25. The number of esters is 1. The zero-order valence-corrected chi connectivity index (χ0v) is 10.8. The molecule has 0 amide bonds. The largest absolute Gasteiger partial charge is 0.433 e. The Balaban J connectivity index is 2.24. The Labute approximate surface area is 102 Å². The van der Waals surface area contributed by atoms with E-state index < -0.39 is 6.29 Å². The van der Waals surface area contributed by atoms with E-state index in [0.717, 1.165) is 12.8 Å². The summed E-state index contributed by atoms with van der Waals surface area (Å²) in [6.07, 6.45) is 7.09. The van der Waals surface area contributed by atoms with Crippen LogP contribution in [0.4, 0.5) is 0 Å². The summed E-state index contributed by atoms with van der Waals surface area (Å²) in [4.78, 5) is 11.5. The molecule has 1 aromatic heterocycles. The van der Waals surface area contributed by atoms with Crippen molar-refractivity contribution in [3.8, 4) is 0 Å². The standard InChI is InChI=1S/C12H21N2O3/c1-4-5-8-16-11(2)17-12(15)9-14-7-6-13(3)10-14/h6-7,10-11H,4-5,8-9H2,1-3H3/q+1. The molecule has 96 valence electrons. The molecule has 0 saturated heterocycles. The molecule has 0 saturated carbocycles. The number of carbonyl (C=O) groups excluding carboxylic acids is 1. The van der Waals surface area contributed by atoms with Crippen LogP contribution in [0, 0.1) is 0 Å². The first-order chi connectivity index (χ1) is 8.11. The first-order valence-electron chi connectivity index (χ1n) is 5.94. The van der Waals surface area contributed by atoms with Crippen LogP contribution in [-0.2, 0) is 27.9 Å². The third kappa shape index (κ3) is 5.49. The molecular weight excluding hydrogens is 220 g/mol. The van der Waals surface area contributed by atoms with Gasteiger partial charge < -0.3 is 9.47 Å². The summed E-state index contributed by atoms with van der Waals surface area (Å²) >= 11 is 0. The fraction of sp³-hybridized carbons (Fsp3) is 0.667. The average Bonchev–Trinajstić information content (AvgIpc) is 2.64. The molecule has 0 aromatic carbocycles. The van der Waals surface area contributed by atoms with Gasteiger partial charge in [0, 0.05) is 0 Å². The van der Waals surface area contributed by atoms with Crippen molar-refractivity contribution in [1.82, 2.24) is 4.57 Å². The van der Waals surface area contributed by atoms with Crippen LogP contribution in [-0.4, -0.2) is 23.4 Å². The van der Waals surface area contributed by atoms with Crippen LogP contribution < -0.4 is 4.57 Å². The Kier molecular flexibility index (Phi) is 5.69. The number of unbranched alkanes of at least 4 members (excludes halogenated alkanes) is 1. The summed E-state index contributed by atoms with van der Waals surface area (Å²) < 4.78 is 14.1. The number of nitrogens with zero attached hydrogens (tertiary/aromatic N) is 2. The normalized spacial score (nSPS) is 12.4. The molecule has 1 heterocycles. The van der Waals surface area contributed by atoms with Crippen LogP contribution in [0.25, 0.3) is 0 Å². The minimum atomic E-state index is -0.474. The molecule has 17 heavy (non-hydrogen) atoms. The van der Waals surface area contributed by atoms with E-state index in [2.05, 4.69) is 6.92 Å². The van der Waals surface area contributed by atoms with Crippen LogP contribution in [0.5, 0.6) is 0 Å². The number of aryl methyl sites for hydroxylation is 1. The first-order valence-corrected chi connectivity index (χ1v) is 5.94. The fourth-order valence-corrected chi connectivity index (χ4v) is 1.39. The zero-order chi connectivity index (χ0) is 12.7. The van der Waals surface area contributed by atoms with Gasteiger partial charge in [-0.25, -0.2) is 13.9 Å². The third-order valence-electron chi connectivity index (χ3n) is 2.28. The number of rotatable bonds is 7. The highest BCUT2D eigenvalue weighted by atomic mass is 16.7. The molecule has 1 aromatic rings. The van der Waals surface area contributed by atoms with Crippen LogP contribution in [0.15, 0.2) is 18.7 Å². The van der Waals surface area contributed by atoms with Gasteiger partial charge in [-0.2, -0.15) is 0 Å². The van der Waals surface area contributed by atoms with Crippen molar-refractivity contribution in [2.45, 2.75) is 39.5 Å². The number of hydrogen-bond acceptors (Lipinski definition) is 3. The fourth-order valence-electron chi connectivity index (χ4n) is 1.39. The molecule has 0 bridgehead atoms. The molecular formula is C12H21N2O3+. The lowest BCUT2D eigenvalue weighted by atomic mass is 10.4. The monoisotopic (exact) mass is 241 g/mol. The van der Waals surface area contributed by atoms with Gasteiger partial charge >= 0.3 is 5.97 Å². The minimum Gasteiger partial charge on any atom is -0.433 e. The highest BCUT2D eigenvalue weighted by Gasteiger charge is 2.13. The summed E-state index contributed by atoms with van der Waals surface area (Å²) in [7, 11) is 1.90. The second-order valence-corrected chi connectivity index (χ2v) is 4.03. The van der Waals surface area contributed by atoms with Gasteiger partial charge in [-0.05, 0) is 13.3 Å². The van der Waals surface area contributed by atoms with E-state index in [1.807, 2.05) is 30.3 Å². The number of ether oxygens (including phenoxy) is 2. The quantitative estimate of drug-likeness (QED) is 0.310. The Hall–Kier alpha value is -1.36. The summed E-state index contributed by atoms with van der Waals surface area (Å²) in [6, 6.07) is 0. The minimum absolute atomic E-state index is 0.211. The average molecular weight is 241 g/mol. The highest BCUT2D eigenvalue weighted by Crippen LogP contribution is 1.98. The van der Waals surface area contributed by atoms with Gasteiger partial charge in [0.15, 0.2) is 12.8 Å². The van der Waals surface area contributed by atoms with Crippen molar-refractivity contribution in [2.24, 2.45) is 7.05 Å². The third-order valence-corrected chi connectivity index (χ3v) is 2.28. The molecule has 0 fully saturated rings. The van der Waals surface area contributed by atoms with Gasteiger partial charge in [-0.15, -0.1) is 0 Å². The number of imidazole rings is 1. The molecule has 5 nitrogen and oxygen atoms in total. The van der Waals surface area contributed by atoms with Crippen molar-refractivity contribution in [3.05, 3.63) is 18.7 Å². The molecule has 1 rings (SSSR count). The number of carbonyl (C=O) groups is 1. The Morgan fingerprint density at radius 3 is 2.88 bits per heavy atom. The van der Waals surface area contributed by atoms with Gasteiger partial charge in [0.2, 0.25) is 6.33 Å². The number of hydrogen-bond donors (Lipinski definition) is 0. The smallest absolute Gasteiger partial charge is 0.350 e. The van der Waals surface area contributed by atoms with E-state index in [9.17, 15) is 4.79 Å². The van der Waals surface area contributed by atoms with Crippen molar-refractivity contribution in [1.29, 1.82) is 0 Å².